The summed E-state index contributed by atoms with van der Waals surface area (Å²) in [4.78, 5) is 79.7. The number of aromatic amines is 2. The van der Waals surface area contributed by atoms with Gasteiger partial charge in [0.15, 0.2) is 0 Å². The summed E-state index contributed by atoms with van der Waals surface area (Å²) < 4.78 is 9.50. The summed E-state index contributed by atoms with van der Waals surface area (Å²) in [6.07, 6.45) is 5.28. The molecule has 324 valence electrons. The first-order valence-corrected chi connectivity index (χ1v) is 19.9. The number of H-pyrrole nitrogens is 2. The third-order valence-corrected chi connectivity index (χ3v) is 10.8. The van der Waals surface area contributed by atoms with Crippen molar-refractivity contribution in [2.45, 2.75) is 84.5 Å². The number of benzene rings is 2. The van der Waals surface area contributed by atoms with Crippen molar-refractivity contribution in [1.29, 1.82) is 0 Å². The first-order chi connectivity index (χ1) is 28.6. The van der Waals surface area contributed by atoms with Gasteiger partial charge >= 0.3 is 12.2 Å². The topological polar surface area (TPSA) is 264 Å². The number of likely N-dealkylation sites (tertiary alicyclic amines) is 2. The number of amides is 4. The second-order valence-electron chi connectivity index (χ2n) is 15.5. The van der Waals surface area contributed by atoms with E-state index in [4.69, 9.17) is 30.8 Å². The molecule has 2 saturated heterocycles. The van der Waals surface area contributed by atoms with E-state index in [0.29, 0.717) is 47.4 Å². The second-order valence-corrected chi connectivity index (χ2v) is 15.5. The van der Waals surface area contributed by atoms with Gasteiger partial charge in [-0.25, -0.2) is 19.6 Å². The number of aromatic nitrogens is 4. The van der Waals surface area contributed by atoms with Crippen molar-refractivity contribution in [3.63, 3.8) is 0 Å². The number of carbonyl (C=O) groups excluding carboxylic acids is 4. The molecule has 2 fully saturated rings. The van der Waals surface area contributed by atoms with Gasteiger partial charge < -0.3 is 56.4 Å². The molecule has 0 unspecified atom stereocenters. The Labute approximate surface area is 367 Å². The zero-order valence-corrected chi connectivity index (χ0v) is 38.7. The molecule has 61 heavy (non-hydrogen) atoms. The van der Waals surface area contributed by atoms with E-state index >= 15 is 0 Å². The predicted octanol–water partition coefficient (Wildman–Crippen LogP) is 5.47. The molecule has 4 atom stereocenters. The van der Waals surface area contributed by atoms with Crippen LogP contribution in [0.25, 0.3) is 33.6 Å². The summed E-state index contributed by atoms with van der Waals surface area (Å²) in [5.41, 5.74) is 18.9. The number of nitrogen functional groups attached to an aromatic ring is 2. The fourth-order valence-electron chi connectivity index (χ4n) is 7.63. The maximum absolute atomic E-state index is 13.6. The molecule has 2 aliphatic rings. The summed E-state index contributed by atoms with van der Waals surface area (Å²) in [7, 11) is 2.55. The van der Waals surface area contributed by atoms with Crippen molar-refractivity contribution in [1.82, 2.24) is 40.4 Å². The van der Waals surface area contributed by atoms with Gasteiger partial charge in [0.2, 0.25) is 11.8 Å². The first kappa shape index (κ1) is 47.7. The fraction of sp³-hybridized carbons (Fsp3) is 0.452. The van der Waals surface area contributed by atoms with Crippen LogP contribution in [0.4, 0.5) is 21.0 Å². The maximum Gasteiger partial charge on any atom is 0.407 e. The van der Waals surface area contributed by atoms with Gasteiger partial charge in [0.25, 0.3) is 5.97 Å². The van der Waals surface area contributed by atoms with E-state index in [0.717, 1.165) is 55.0 Å². The Bertz CT molecular complexity index is 2170. The number of rotatable bonds is 11. The number of imidazole rings is 2. The Balaban J connectivity index is 0.00000157. The number of methoxy groups -OCH3 is 2. The van der Waals surface area contributed by atoms with Crippen molar-refractivity contribution in [3.8, 4) is 33.6 Å². The van der Waals surface area contributed by atoms with Gasteiger partial charge in [0.1, 0.15) is 23.7 Å². The number of hydrogen-bond donors (Lipinski definition) is 7. The molecule has 4 heterocycles. The van der Waals surface area contributed by atoms with E-state index in [1.807, 2.05) is 64.1 Å². The average molecular weight is 894 g/mol. The number of ether oxygens (including phenoxy) is 2. The summed E-state index contributed by atoms with van der Waals surface area (Å²) >= 11 is 0. The Morgan fingerprint density at radius 2 is 1.10 bits per heavy atom. The van der Waals surface area contributed by atoms with Crippen LogP contribution in [0.1, 0.15) is 84.0 Å². The second kappa shape index (κ2) is 21.0. The normalized spacial score (nSPS) is 16.9. The Morgan fingerprint density at radius 3 is 1.54 bits per heavy atom. The molecule has 0 saturated carbocycles. The van der Waals surface area contributed by atoms with Crippen LogP contribution < -0.4 is 22.1 Å². The van der Waals surface area contributed by atoms with Crippen molar-refractivity contribution in [2.75, 3.05) is 38.8 Å². The number of nitrogens with one attached hydrogen (secondary N) is 4. The van der Waals surface area contributed by atoms with Crippen LogP contribution in [0.15, 0.2) is 48.8 Å². The van der Waals surface area contributed by atoms with Gasteiger partial charge in [0, 0.05) is 50.6 Å². The van der Waals surface area contributed by atoms with E-state index in [1.54, 1.807) is 22.2 Å². The molecule has 0 radical (unpaired) electrons. The molecule has 0 bridgehead atoms. The number of hydrogen-bond acceptors (Lipinski definition) is 11. The minimum absolute atomic E-state index is 0. The van der Waals surface area contributed by atoms with E-state index in [-0.39, 0.29) is 55.2 Å². The van der Waals surface area contributed by atoms with Crippen LogP contribution in [0, 0.1) is 11.8 Å². The van der Waals surface area contributed by atoms with Crippen molar-refractivity contribution in [2.24, 2.45) is 11.8 Å². The molecular weight excluding hydrogens is 838 g/mol. The number of nitrogens with zero attached hydrogens (tertiary/aromatic N) is 4. The molecule has 6 rings (SSSR count). The van der Waals surface area contributed by atoms with E-state index < -0.39 is 30.2 Å². The van der Waals surface area contributed by atoms with Crippen LogP contribution in [0.2, 0.25) is 0 Å². The number of carboxylic acid groups (broad SMARTS) is 1. The zero-order chi connectivity index (χ0) is 43.8. The molecule has 4 aromatic rings. The summed E-state index contributed by atoms with van der Waals surface area (Å²) in [6.45, 7) is 9.73. The van der Waals surface area contributed by atoms with Crippen molar-refractivity contribution < 1.29 is 58.0 Å². The number of carbonyl (C=O) groups is 5. The average Bonchev–Trinajstić information content (AvgIpc) is 4.06. The Kier molecular flexibility index (Phi) is 16.4. The van der Waals surface area contributed by atoms with Gasteiger partial charge in [-0.2, -0.15) is 0 Å². The standard InChI is InChI=1S/C40H52N10O6.C2H4O2.Zn/c1-21(2)33(47-39(53)55-5)37(51)49-17-7-9-29(49)35-43-19-27(45-35)24-13-11-23(12-14-24)25-15-16-26(32(42)31(25)41)28-20-44-36(46-28)30-10-8-18-50(30)38(52)34(22(3)4)48-40(54)56-6;1-2(3)4;/h11-16,19-22,29-30,33-34H,7-10,17-18,41-42H2,1-6H3,(H,43,45)(H,44,46)(H,47,53)(H,48,54);1H3,(H,3,4);/t29-,30-,33-,34-;;/m0../s1. The van der Waals surface area contributed by atoms with Gasteiger partial charge in [-0.1, -0.05) is 58.0 Å². The van der Waals surface area contributed by atoms with Crippen LogP contribution in [0.5, 0.6) is 0 Å². The van der Waals surface area contributed by atoms with Gasteiger partial charge in [0.05, 0.1) is 61.5 Å². The minimum Gasteiger partial charge on any atom is -0.481 e. The van der Waals surface area contributed by atoms with Crippen molar-refractivity contribution in [3.05, 3.63) is 60.4 Å². The van der Waals surface area contributed by atoms with E-state index in [1.165, 1.54) is 14.2 Å². The quantitative estimate of drug-likeness (QED) is 0.0730. The molecule has 0 aliphatic carbocycles. The van der Waals surface area contributed by atoms with Gasteiger partial charge in [-0.3, -0.25) is 14.4 Å². The van der Waals surface area contributed by atoms with Gasteiger partial charge in [-0.15, -0.1) is 0 Å². The molecule has 2 aliphatic heterocycles. The predicted molar refractivity (Wildman–Crippen MR) is 225 cm³/mol. The van der Waals surface area contributed by atoms with Crippen LogP contribution in [0.3, 0.4) is 0 Å². The monoisotopic (exact) mass is 892 g/mol. The third-order valence-electron chi connectivity index (χ3n) is 10.8. The number of nitrogens with two attached hydrogens (primary N) is 2. The molecule has 0 spiro atoms. The first-order valence-electron chi connectivity index (χ1n) is 19.9. The molecule has 2 aromatic heterocycles. The molecule has 18 nitrogen and oxygen atoms in total. The fourth-order valence-corrected chi connectivity index (χ4v) is 7.63. The van der Waals surface area contributed by atoms with Crippen molar-refractivity contribution >= 4 is 41.3 Å². The number of anilines is 2. The SMILES string of the molecule is CC(=O)O.COC(=O)N[C@H](C(=O)N1CCC[C@H]1c1ncc(-c2ccc(-c3ccc(-c4cnc([C@@H]5CCCN5C(=O)[C@@H](NC(=O)OC)C(C)C)[nH]4)c(N)c3N)cc2)[nH]1)C(C)C.[Zn]. The minimum atomic E-state index is -0.833. The van der Waals surface area contributed by atoms with E-state index in [9.17, 15) is 19.2 Å². The largest absolute Gasteiger partial charge is 0.481 e. The molecule has 19 heteroatoms. The zero-order valence-electron chi connectivity index (χ0n) is 35.8. The van der Waals surface area contributed by atoms with Gasteiger partial charge in [-0.05, 0) is 54.7 Å². The van der Waals surface area contributed by atoms with Crippen LogP contribution in [-0.2, 0) is 43.3 Å². The maximum atomic E-state index is 13.6. The Hall–Kier alpha value is -5.97. The molecule has 4 amide bonds. The molecular formula is C42H56N10O8Zn. The van der Waals surface area contributed by atoms with Crippen LogP contribution >= 0.6 is 0 Å². The van der Waals surface area contributed by atoms with Crippen LogP contribution in [-0.4, -0.2) is 104 Å². The summed E-state index contributed by atoms with van der Waals surface area (Å²) in [6, 6.07) is 9.75. The summed E-state index contributed by atoms with van der Waals surface area (Å²) in [5, 5.41) is 12.8. The number of aliphatic carboxylic acids is 1. The Morgan fingerprint density at radius 1 is 0.705 bits per heavy atom. The number of carboxylic acids is 1. The number of alkyl carbamates (subject to hydrolysis) is 2. The van der Waals surface area contributed by atoms with E-state index in [2.05, 4.69) is 30.6 Å². The molecule has 2 aromatic carbocycles. The smallest absolute Gasteiger partial charge is 0.407 e. The third kappa shape index (κ3) is 11.1. The summed E-state index contributed by atoms with van der Waals surface area (Å²) in [5.74, 6) is -0.121. The molecule has 9 N–H and O–H groups in total.